The first kappa shape index (κ1) is 5.66. The van der Waals surface area contributed by atoms with Gasteiger partial charge in [-0.3, -0.25) is 4.79 Å². The fourth-order valence-electron chi connectivity index (χ4n) is 1.37. The first-order valence-electron chi connectivity index (χ1n) is 3.46. The second-order valence-corrected chi connectivity index (χ2v) is 2.64. The van der Waals surface area contributed by atoms with Crippen LogP contribution in [0.2, 0.25) is 0 Å². The Morgan fingerprint density at radius 3 is 3.00 bits per heavy atom. The molecule has 0 atom stereocenters. The van der Waals surface area contributed by atoms with Crippen molar-refractivity contribution in [3.05, 3.63) is 35.5 Å². The van der Waals surface area contributed by atoms with Gasteiger partial charge < -0.3 is 0 Å². The van der Waals surface area contributed by atoms with E-state index >= 15 is 0 Å². The molecule has 0 saturated carbocycles. The number of carbonyl (C=O) groups is 1. The minimum absolute atomic E-state index is 0.255. The highest BCUT2D eigenvalue weighted by Gasteiger charge is 2.17. The molecule has 0 bridgehead atoms. The van der Waals surface area contributed by atoms with E-state index in [1.54, 1.807) is 6.08 Å². The molecule has 0 heterocycles. The summed E-state index contributed by atoms with van der Waals surface area (Å²) in [6.45, 7) is 0. The van der Waals surface area contributed by atoms with E-state index in [1.807, 2.05) is 12.2 Å². The number of fused-ring (bicyclic) bond motifs is 1. The molecule has 0 aromatic heterocycles. The fourth-order valence-corrected chi connectivity index (χ4v) is 1.37. The highest BCUT2D eigenvalue weighted by molar-refractivity contribution is 5.97. The standard InChI is InChI=1S/C9H8O/c10-9-5-7-3-1-2-4-8(7)6-9/h1-3,6H,4-5H2. The maximum atomic E-state index is 10.9. The van der Waals surface area contributed by atoms with Crippen LogP contribution in [-0.2, 0) is 4.79 Å². The van der Waals surface area contributed by atoms with Crippen molar-refractivity contribution in [1.82, 2.24) is 0 Å². The molecular weight excluding hydrogens is 124 g/mol. The molecule has 0 radical (unpaired) electrons. The van der Waals surface area contributed by atoms with E-state index in [-0.39, 0.29) is 5.78 Å². The van der Waals surface area contributed by atoms with E-state index in [0.717, 1.165) is 6.42 Å². The quantitative estimate of drug-likeness (QED) is 0.491. The van der Waals surface area contributed by atoms with Gasteiger partial charge in [-0.2, -0.15) is 0 Å². The van der Waals surface area contributed by atoms with Gasteiger partial charge in [-0.05, 0) is 23.6 Å². The molecule has 0 aromatic carbocycles. The van der Waals surface area contributed by atoms with Crippen LogP contribution in [-0.4, -0.2) is 5.78 Å². The van der Waals surface area contributed by atoms with Crippen molar-refractivity contribution >= 4 is 5.78 Å². The van der Waals surface area contributed by atoms with Crippen molar-refractivity contribution in [2.45, 2.75) is 12.8 Å². The Balaban J connectivity index is 2.41. The Hall–Kier alpha value is -1.11. The molecule has 0 amide bonds. The molecule has 0 fully saturated rings. The number of hydrogen-bond acceptors (Lipinski definition) is 1. The Kier molecular flexibility index (Phi) is 1.10. The van der Waals surface area contributed by atoms with Crippen molar-refractivity contribution in [2.24, 2.45) is 0 Å². The molecule has 1 nitrogen and oxygen atoms in total. The van der Waals surface area contributed by atoms with Crippen LogP contribution in [0.4, 0.5) is 0 Å². The minimum Gasteiger partial charge on any atom is -0.294 e. The molecule has 2 aliphatic rings. The molecule has 0 unspecified atom stereocenters. The summed E-state index contributed by atoms with van der Waals surface area (Å²) in [5.74, 6) is 0.255. The largest absolute Gasteiger partial charge is 0.294 e. The van der Waals surface area contributed by atoms with Crippen LogP contribution in [0.1, 0.15) is 12.8 Å². The maximum absolute atomic E-state index is 10.9. The second-order valence-electron chi connectivity index (χ2n) is 2.64. The highest BCUT2D eigenvalue weighted by Crippen LogP contribution is 2.27. The van der Waals surface area contributed by atoms with Crippen LogP contribution < -0.4 is 0 Å². The Labute approximate surface area is 59.7 Å². The average molecular weight is 132 g/mol. The zero-order valence-corrected chi connectivity index (χ0v) is 5.63. The van der Waals surface area contributed by atoms with Crippen molar-refractivity contribution in [2.75, 3.05) is 0 Å². The van der Waals surface area contributed by atoms with Gasteiger partial charge in [0.25, 0.3) is 0 Å². The van der Waals surface area contributed by atoms with Gasteiger partial charge >= 0.3 is 0 Å². The van der Waals surface area contributed by atoms with Crippen LogP contribution in [0, 0.1) is 0 Å². The summed E-state index contributed by atoms with van der Waals surface area (Å²) in [6, 6.07) is 0. The lowest BCUT2D eigenvalue weighted by molar-refractivity contribution is -0.113. The van der Waals surface area contributed by atoms with Crippen LogP contribution in [0.3, 0.4) is 0 Å². The van der Waals surface area contributed by atoms with Crippen LogP contribution in [0.5, 0.6) is 0 Å². The van der Waals surface area contributed by atoms with Gasteiger partial charge in [-0.15, -0.1) is 0 Å². The maximum Gasteiger partial charge on any atom is 0.160 e. The zero-order chi connectivity index (χ0) is 6.97. The SMILES string of the molecule is O=C1C=C2CC=CC=C2C1. The van der Waals surface area contributed by atoms with Crippen molar-refractivity contribution in [3.8, 4) is 0 Å². The van der Waals surface area contributed by atoms with Gasteiger partial charge in [0.1, 0.15) is 0 Å². The highest BCUT2D eigenvalue weighted by atomic mass is 16.1. The predicted molar refractivity (Wildman–Crippen MR) is 39.5 cm³/mol. The Bertz CT molecular complexity index is 266. The van der Waals surface area contributed by atoms with E-state index in [4.69, 9.17) is 0 Å². The topological polar surface area (TPSA) is 17.1 Å². The molecule has 10 heavy (non-hydrogen) atoms. The summed E-state index contributed by atoms with van der Waals surface area (Å²) < 4.78 is 0. The van der Waals surface area contributed by atoms with E-state index in [9.17, 15) is 4.79 Å². The lowest BCUT2D eigenvalue weighted by Gasteiger charge is -2.03. The van der Waals surface area contributed by atoms with Gasteiger partial charge in [-0.25, -0.2) is 0 Å². The average Bonchev–Trinajstić information content (AvgIpc) is 2.27. The van der Waals surface area contributed by atoms with E-state index in [0.29, 0.717) is 6.42 Å². The summed E-state index contributed by atoms with van der Waals surface area (Å²) in [5, 5.41) is 0. The number of allylic oxidation sites excluding steroid dienone is 6. The molecule has 0 N–H and O–H groups in total. The lowest BCUT2D eigenvalue weighted by atomic mass is 10.0. The predicted octanol–water partition coefficient (Wildman–Crippen LogP) is 1.77. The van der Waals surface area contributed by atoms with Gasteiger partial charge in [0.15, 0.2) is 5.78 Å². The third-order valence-corrected chi connectivity index (χ3v) is 1.88. The molecule has 1 heteroatoms. The Morgan fingerprint density at radius 1 is 1.30 bits per heavy atom. The molecule has 0 spiro atoms. The summed E-state index contributed by atoms with van der Waals surface area (Å²) in [6.07, 6.45) is 9.45. The van der Waals surface area contributed by atoms with Crippen molar-refractivity contribution in [3.63, 3.8) is 0 Å². The third-order valence-electron chi connectivity index (χ3n) is 1.88. The summed E-state index contributed by atoms with van der Waals surface area (Å²) in [7, 11) is 0. The molecule has 0 saturated heterocycles. The Morgan fingerprint density at radius 2 is 2.20 bits per heavy atom. The number of rotatable bonds is 0. The first-order valence-corrected chi connectivity index (χ1v) is 3.46. The minimum atomic E-state index is 0.255. The van der Waals surface area contributed by atoms with Gasteiger partial charge in [0.05, 0.1) is 0 Å². The van der Waals surface area contributed by atoms with Crippen LogP contribution in [0.15, 0.2) is 35.5 Å². The number of carbonyl (C=O) groups excluding carboxylic acids is 1. The monoisotopic (exact) mass is 132 g/mol. The van der Waals surface area contributed by atoms with E-state index in [1.165, 1.54) is 11.1 Å². The first-order chi connectivity index (χ1) is 4.86. The molecule has 50 valence electrons. The fraction of sp³-hybridized carbons (Fsp3) is 0.222. The third kappa shape index (κ3) is 0.747. The van der Waals surface area contributed by atoms with Gasteiger partial charge in [0, 0.05) is 6.42 Å². The van der Waals surface area contributed by atoms with E-state index in [2.05, 4.69) is 6.08 Å². The number of hydrogen-bond donors (Lipinski definition) is 0. The summed E-state index contributed by atoms with van der Waals surface area (Å²) >= 11 is 0. The van der Waals surface area contributed by atoms with Crippen molar-refractivity contribution < 1.29 is 4.79 Å². The summed E-state index contributed by atoms with van der Waals surface area (Å²) in [5.41, 5.74) is 2.43. The number of ketones is 1. The molecule has 2 aliphatic carbocycles. The van der Waals surface area contributed by atoms with Crippen LogP contribution >= 0.6 is 0 Å². The van der Waals surface area contributed by atoms with Gasteiger partial charge in [0.2, 0.25) is 0 Å². The normalized spacial score (nSPS) is 22.2. The zero-order valence-electron chi connectivity index (χ0n) is 5.63. The molecule has 2 rings (SSSR count). The summed E-state index contributed by atoms with van der Waals surface area (Å²) in [4.78, 5) is 10.9. The van der Waals surface area contributed by atoms with Crippen LogP contribution in [0.25, 0.3) is 0 Å². The second kappa shape index (κ2) is 1.94. The lowest BCUT2D eigenvalue weighted by Crippen LogP contribution is -1.87. The molecular formula is C9H8O. The van der Waals surface area contributed by atoms with E-state index < -0.39 is 0 Å². The smallest absolute Gasteiger partial charge is 0.160 e. The van der Waals surface area contributed by atoms with Crippen molar-refractivity contribution in [1.29, 1.82) is 0 Å². The molecule has 0 aliphatic heterocycles. The molecule has 0 aromatic rings. The van der Waals surface area contributed by atoms with Gasteiger partial charge in [-0.1, -0.05) is 18.2 Å².